The molecule has 0 aliphatic carbocycles. The second-order valence-electron chi connectivity index (χ2n) is 5.52. The van der Waals surface area contributed by atoms with Gasteiger partial charge < -0.3 is 10.2 Å². The lowest BCUT2D eigenvalue weighted by atomic mass is 10.2. The normalized spacial score (nSPS) is 17.9. The highest BCUT2D eigenvalue weighted by atomic mass is 16.2. The van der Waals surface area contributed by atoms with Crippen molar-refractivity contribution in [2.75, 3.05) is 20.1 Å². The summed E-state index contributed by atoms with van der Waals surface area (Å²) in [5, 5.41) is 7.61. The number of benzene rings is 1. The molecule has 5 nitrogen and oxygen atoms in total. The van der Waals surface area contributed by atoms with Crippen LogP contribution in [0.4, 0.5) is 0 Å². The van der Waals surface area contributed by atoms with E-state index in [0.717, 1.165) is 30.8 Å². The molecular weight excluding hydrogens is 264 g/mol. The first-order valence-corrected chi connectivity index (χ1v) is 7.25. The van der Waals surface area contributed by atoms with Crippen LogP contribution < -0.4 is 5.32 Å². The maximum absolute atomic E-state index is 12.5. The zero-order valence-electron chi connectivity index (χ0n) is 12.4. The monoisotopic (exact) mass is 284 g/mol. The fourth-order valence-electron chi connectivity index (χ4n) is 2.72. The number of amides is 1. The summed E-state index contributed by atoms with van der Waals surface area (Å²) in [6.07, 6.45) is 4.46. The Bertz CT molecular complexity index is 643. The highest BCUT2D eigenvalue weighted by Crippen LogP contribution is 2.15. The molecule has 110 valence electrons. The molecule has 0 saturated carbocycles. The Labute approximate surface area is 124 Å². The highest BCUT2D eigenvalue weighted by molar-refractivity contribution is 5.93. The minimum Gasteiger partial charge on any atom is -0.337 e. The second-order valence-corrected chi connectivity index (χ2v) is 5.52. The lowest BCUT2D eigenvalue weighted by Gasteiger charge is -2.23. The molecule has 0 spiro atoms. The number of nitrogens with zero attached hydrogens (tertiary/aromatic N) is 3. The summed E-state index contributed by atoms with van der Waals surface area (Å²) in [5.41, 5.74) is 2.77. The molecule has 1 aromatic heterocycles. The average Bonchev–Trinajstić information content (AvgIpc) is 3.17. The van der Waals surface area contributed by atoms with Gasteiger partial charge in [0.1, 0.15) is 0 Å². The van der Waals surface area contributed by atoms with Crippen LogP contribution >= 0.6 is 0 Å². The van der Waals surface area contributed by atoms with Crippen molar-refractivity contribution in [3.05, 3.63) is 47.8 Å². The number of aryl methyl sites for hydroxylation is 1. The number of likely N-dealkylation sites (N-methyl/N-ethyl adjacent to an activating group) is 1. The van der Waals surface area contributed by atoms with Crippen LogP contribution in [0.2, 0.25) is 0 Å². The van der Waals surface area contributed by atoms with Crippen molar-refractivity contribution in [3.63, 3.8) is 0 Å². The van der Waals surface area contributed by atoms with Crippen LogP contribution in [0, 0.1) is 6.92 Å². The predicted molar refractivity (Wildman–Crippen MR) is 81.7 cm³/mol. The van der Waals surface area contributed by atoms with E-state index in [9.17, 15) is 4.79 Å². The number of nitrogens with one attached hydrogen (secondary N) is 1. The minimum atomic E-state index is 0.0311. The van der Waals surface area contributed by atoms with E-state index in [-0.39, 0.29) is 11.9 Å². The lowest BCUT2D eigenvalue weighted by molar-refractivity contribution is 0.0744. The van der Waals surface area contributed by atoms with E-state index in [0.29, 0.717) is 5.56 Å². The Morgan fingerprint density at radius 3 is 2.95 bits per heavy atom. The number of carbonyl (C=O) groups is 1. The number of para-hydroxylation sites is 1. The van der Waals surface area contributed by atoms with Crippen LogP contribution in [0.3, 0.4) is 0 Å². The summed E-state index contributed by atoms with van der Waals surface area (Å²) in [4.78, 5) is 14.3. The molecule has 1 aliphatic rings. The van der Waals surface area contributed by atoms with Gasteiger partial charge in [0, 0.05) is 25.8 Å². The summed E-state index contributed by atoms with van der Waals surface area (Å²) in [5.74, 6) is 0.0311. The van der Waals surface area contributed by atoms with Gasteiger partial charge in [0.15, 0.2) is 0 Å². The fraction of sp³-hybridized carbons (Fsp3) is 0.375. The Morgan fingerprint density at radius 2 is 2.24 bits per heavy atom. The zero-order valence-corrected chi connectivity index (χ0v) is 12.4. The average molecular weight is 284 g/mol. The number of hydrogen-bond donors (Lipinski definition) is 1. The minimum absolute atomic E-state index is 0.0311. The molecule has 1 saturated heterocycles. The molecule has 2 heterocycles. The highest BCUT2D eigenvalue weighted by Gasteiger charge is 2.24. The standard InChI is InChI=1S/C16H20N4O/c1-12-5-3-4-6-15(12)20-11-13(9-18-20)16(21)19(2)14-7-8-17-10-14/h3-6,9,11,14,17H,7-8,10H2,1-2H3. The van der Waals surface area contributed by atoms with Gasteiger partial charge in [0.05, 0.1) is 17.4 Å². The van der Waals surface area contributed by atoms with Crippen LogP contribution in [0.1, 0.15) is 22.3 Å². The van der Waals surface area contributed by atoms with Crippen molar-refractivity contribution in [2.45, 2.75) is 19.4 Å². The van der Waals surface area contributed by atoms with Crippen LogP contribution in [-0.4, -0.2) is 46.8 Å². The molecule has 21 heavy (non-hydrogen) atoms. The van der Waals surface area contributed by atoms with E-state index >= 15 is 0 Å². The molecule has 1 unspecified atom stereocenters. The van der Waals surface area contributed by atoms with Gasteiger partial charge in [-0.15, -0.1) is 0 Å². The lowest BCUT2D eigenvalue weighted by Crippen LogP contribution is -2.38. The van der Waals surface area contributed by atoms with Gasteiger partial charge in [0.25, 0.3) is 5.91 Å². The molecule has 0 radical (unpaired) electrons. The molecule has 1 fully saturated rings. The van der Waals surface area contributed by atoms with Gasteiger partial charge >= 0.3 is 0 Å². The summed E-state index contributed by atoms with van der Waals surface area (Å²) in [7, 11) is 1.87. The van der Waals surface area contributed by atoms with E-state index in [1.165, 1.54) is 0 Å². The Balaban J connectivity index is 1.81. The molecule has 0 bridgehead atoms. The second kappa shape index (κ2) is 5.69. The molecule has 1 amide bonds. The van der Waals surface area contributed by atoms with Crippen molar-refractivity contribution < 1.29 is 4.79 Å². The SMILES string of the molecule is Cc1ccccc1-n1cc(C(=O)N(C)C2CCNC2)cn1. The van der Waals surface area contributed by atoms with E-state index in [4.69, 9.17) is 0 Å². The first-order valence-electron chi connectivity index (χ1n) is 7.25. The molecule has 2 aromatic rings. The van der Waals surface area contributed by atoms with E-state index < -0.39 is 0 Å². The molecule has 3 rings (SSSR count). The number of aromatic nitrogens is 2. The van der Waals surface area contributed by atoms with Gasteiger partial charge in [-0.3, -0.25) is 4.79 Å². The van der Waals surface area contributed by atoms with E-state index in [1.54, 1.807) is 10.9 Å². The van der Waals surface area contributed by atoms with Crippen LogP contribution in [0.25, 0.3) is 5.69 Å². The maximum Gasteiger partial charge on any atom is 0.257 e. The molecule has 1 atom stereocenters. The van der Waals surface area contributed by atoms with Gasteiger partial charge in [-0.2, -0.15) is 5.10 Å². The maximum atomic E-state index is 12.5. The van der Waals surface area contributed by atoms with Gasteiger partial charge in [-0.05, 0) is 31.5 Å². The Kier molecular flexibility index (Phi) is 3.75. The largest absolute Gasteiger partial charge is 0.337 e. The molecule has 1 aromatic carbocycles. The third-order valence-corrected chi connectivity index (χ3v) is 4.09. The number of hydrogen-bond acceptors (Lipinski definition) is 3. The van der Waals surface area contributed by atoms with Gasteiger partial charge in [-0.25, -0.2) is 4.68 Å². The van der Waals surface area contributed by atoms with Crippen LogP contribution in [-0.2, 0) is 0 Å². The zero-order chi connectivity index (χ0) is 14.8. The fourth-order valence-corrected chi connectivity index (χ4v) is 2.72. The van der Waals surface area contributed by atoms with E-state index in [1.807, 2.05) is 49.3 Å². The van der Waals surface area contributed by atoms with Gasteiger partial charge in [-0.1, -0.05) is 18.2 Å². The first kappa shape index (κ1) is 13.8. The predicted octanol–water partition coefficient (Wildman–Crippen LogP) is 1.61. The Morgan fingerprint density at radius 1 is 1.43 bits per heavy atom. The van der Waals surface area contributed by atoms with Gasteiger partial charge in [0.2, 0.25) is 0 Å². The summed E-state index contributed by atoms with van der Waals surface area (Å²) >= 11 is 0. The molecular formula is C16H20N4O. The first-order chi connectivity index (χ1) is 10.2. The quantitative estimate of drug-likeness (QED) is 0.931. The molecule has 5 heteroatoms. The Hall–Kier alpha value is -2.14. The van der Waals surface area contributed by atoms with E-state index in [2.05, 4.69) is 10.4 Å². The summed E-state index contributed by atoms with van der Waals surface area (Å²) in [6, 6.07) is 8.28. The third kappa shape index (κ3) is 2.69. The van der Waals surface area contributed by atoms with Crippen molar-refractivity contribution >= 4 is 5.91 Å². The molecule has 1 aliphatic heterocycles. The smallest absolute Gasteiger partial charge is 0.257 e. The van der Waals surface area contributed by atoms with Crippen LogP contribution in [0.5, 0.6) is 0 Å². The summed E-state index contributed by atoms with van der Waals surface area (Å²) < 4.78 is 1.77. The van der Waals surface area contributed by atoms with Crippen molar-refractivity contribution in [3.8, 4) is 5.69 Å². The molecule has 1 N–H and O–H groups in total. The van der Waals surface area contributed by atoms with Crippen molar-refractivity contribution in [1.82, 2.24) is 20.0 Å². The van der Waals surface area contributed by atoms with Crippen molar-refractivity contribution in [2.24, 2.45) is 0 Å². The summed E-state index contributed by atoms with van der Waals surface area (Å²) in [6.45, 7) is 3.88. The topological polar surface area (TPSA) is 50.2 Å². The van der Waals surface area contributed by atoms with Crippen molar-refractivity contribution in [1.29, 1.82) is 0 Å². The number of carbonyl (C=O) groups excluding carboxylic acids is 1. The van der Waals surface area contributed by atoms with Crippen LogP contribution in [0.15, 0.2) is 36.7 Å². The third-order valence-electron chi connectivity index (χ3n) is 4.09. The number of rotatable bonds is 3.